The van der Waals surface area contributed by atoms with E-state index in [-0.39, 0.29) is 39.5 Å². The van der Waals surface area contributed by atoms with E-state index in [1.807, 2.05) is 39.2 Å². The van der Waals surface area contributed by atoms with Crippen molar-refractivity contribution in [1.29, 1.82) is 0 Å². The molecule has 3 aliphatic rings. The number of aromatic nitrogens is 1. The molecule has 0 bridgehead atoms. The fraction of sp³-hybridized carbons (Fsp3) is 0.690. The first-order valence-electron chi connectivity index (χ1n) is 20.0. The number of carbonyl (C=O) groups is 2. The lowest BCUT2D eigenvalue weighted by molar-refractivity contribution is -0.0480. The molecule has 2 N–H and O–H groups in total. The number of nitrogens with zero attached hydrogens (tertiary/aromatic N) is 3. The van der Waals surface area contributed by atoms with Gasteiger partial charge in [0.2, 0.25) is 5.78 Å². The van der Waals surface area contributed by atoms with Crippen molar-refractivity contribution in [2.75, 3.05) is 52.8 Å². The number of hydrogen-bond donors (Lipinski definition) is 2. The molecule has 5 rings (SSSR count). The molecular formula is C42H66N4O7Si. The molecule has 12 heteroatoms. The highest BCUT2D eigenvalue weighted by molar-refractivity contribution is 6.74. The van der Waals surface area contributed by atoms with Crippen LogP contribution in [0.3, 0.4) is 0 Å². The molecule has 0 fully saturated rings. The maximum absolute atomic E-state index is 15.4. The molecule has 1 aromatic heterocycles. The van der Waals surface area contributed by atoms with E-state index in [0.29, 0.717) is 55.6 Å². The highest BCUT2D eigenvalue weighted by Gasteiger charge is 2.67. The molecule has 0 saturated carbocycles. The summed E-state index contributed by atoms with van der Waals surface area (Å²) in [6, 6.07) is 1.50. The lowest BCUT2D eigenvalue weighted by atomic mass is 9.58. The third-order valence-electron chi connectivity index (χ3n) is 11.9. The largest absolute Gasteiger partial charge is 0.508 e. The third-order valence-corrected chi connectivity index (χ3v) is 16.4. The standard InChI is InChI=1S/C42H66N4O7Si/c1-14-16-18-50-30-22-27(24-43-23-25(3)4)34(45(8)9)28-20-26-21-29-35(46(10)11)37-33(40(44-52-37)51-19-17-15-2)39(49)42(29,53-54(12,13)41(5,6)7)38(48)31(26)36(47)32(28)30/h22,25-26,29,35,43,48H,14-21,23-24H2,1-13H3/t26-,29-,35-,42-/m0/s1. The molecule has 3 aliphatic carbocycles. The average Bonchev–Trinajstić information content (AvgIpc) is 3.48. The Morgan fingerprint density at radius 3 is 2.28 bits per heavy atom. The number of aliphatic hydroxyl groups excluding tert-OH is 1. The SMILES string of the molecule is CCCCOc1cc(CNCC(C)C)c(N(C)C)c2c1C(=O)C1=C(O)[C@]3(O[Si](C)(C)C(C)(C)C)C(=O)c4c(OCCCC)noc4[C@@H](N(C)C)[C@@H]3C[C@@H]1C2. The van der Waals surface area contributed by atoms with Gasteiger partial charge in [0, 0.05) is 37.8 Å². The van der Waals surface area contributed by atoms with Crippen molar-refractivity contribution in [2.24, 2.45) is 17.8 Å². The van der Waals surface area contributed by atoms with Gasteiger partial charge in [-0.1, -0.05) is 61.3 Å². The Hall–Kier alpha value is -3.19. The topological polar surface area (TPSA) is 127 Å². The molecule has 4 atom stereocenters. The van der Waals surface area contributed by atoms with Crippen LogP contribution in [0, 0.1) is 17.8 Å². The zero-order valence-corrected chi connectivity index (χ0v) is 36.2. The summed E-state index contributed by atoms with van der Waals surface area (Å²) in [6.07, 6.45) is 4.37. The first kappa shape index (κ1) is 42.0. The monoisotopic (exact) mass is 766 g/mol. The van der Waals surface area contributed by atoms with Crippen molar-refractivity contribution in [3.63, 3.8) is 0 Å². The van der Waals surface area contributed by atoms with Gasteiger partial charge in [-0.05, 0) is 98.6 Å². The molecule has 0 spiro atoms. The van der Waals surface area contributed by atoms with E-state index in [1.165, 1.54) is 0 Å². The first-order valence-corrected chi connectivity index (χ1v) is 23.0. The number of ketones is 2. The van der Waals surface area contributed by atoms with Crippen molar-refractivity contribution in [1.82, 2.24) is 15.4 Å². The van der Waals surface area contributed by atoms with Gasteiger partial charge in [-0.2, -0.15) is 0 Å². The summed E-state index contributed by atoms with van der Waals surface area (Å²) in [7, 11) is 5.10. The molecule has 300 valence electrons. The molecule has 1 aromatic carbocycles. The van der Waals surface area contributed by atoms with Crippen molar-refractivity contribution in [3.8, 4) is 11.6 Å². The second-order valence-corrected chi connectivity index (χ2v) is 22.7. The summed E-state index contributed by atoms with van der Waals surface area (Å²) in [5, 5.41) is 20.6. The Balaban J connectivity index is 1.79. The number of fused-ring (bicyclic) bond motifs is 4. The number of allylic oxidation sites excluding steroid dienone is 1. The fourth-order valence-corrected chi connectivity index (χ4v) is 9.73. The van der Waals surface area contributed by atoms with Crippen LogP contribution in [0.25, 0.3) is 0 Å². The average molecular weight is 767 g/mol. The number of rotatable bonds is 16. The van der Waals surface area contributed by atoms with Gasteiger partial charge in [0.1, 0.15) is 17.1 Å². The Morgan fingerprint density at radius 1 is 1.06 bits per heavy atom. The van der Waals surface area contributed by atoms with Crippen LogP contribution in [0.1, 0.15) is 124 Å². The maximum atomic E-state index is 15.4. The molecule has 0 saturated heterocycles. The van der Waals surface area contributed by atoms with Crippen molar-refractivity contribution in [2.45, 2.75) is 123 Å². The lowest BCUT2D eigenvalue weighted by Gasteiger charge is -2.55. The van der Waals surface area contributed by atoms with Gasteiger partial charge in [0.25, 0.3) is 5.88 Å². The molecule has 54 heavy (non-hydrogen) atoms. The number of aliphatic hydroxyl groups is 1. The van der Waals surface area contributed by atoms with E-state index in [0.717, 1.165) is 49.0 Å². The number of ether oxygens (including phenoxy) is 2. The Labute approximate surface area is 324 Å². The Kier molecular flexibility index (Phi) is 12.5. The summed E-state index contributed by atoms with van der Waals surface area (Å²) < 4.78 is 25.9. The second kappa shape index (κ2) is 16.1. The predicted octanol–water partition coefficient (Wildman–Crippen LogP) is 8.29. The van der Waals surface area contributed by atoms with E-state index in [9.17, 15) is 5.11 Å². The number of nitrogens with one attached hydrogen (secondary N) is 1. The highest BCUT2D eigenvalue weighted by Crippen LogP contribution is 2.60. The summed E-state index contributed by atoms with van der Waals surface area (Å²) in [4.78, 5) is 34.8. The molecule has 2 aromatic rings. The summed E-state index contributed by atoms with van der Waals surface area (Å²) in [6.45, 7) is 21.3. The number of unbranched alkanes of at least 4 members (excludes halogenated alkanes) is 2. The third kappa shape index (κ3) is 7.40. The minimum Gasteiger partial charge on any atom is -0.508 e. The lowest BCUT2D eigenvalue weighted by Crippen LogP contribution is -2.65. The number of Topliss-reactive ketones (excluding diaryl/α,β-unsaturated/α-hetero) is 2. The Morgan fingerprint density at radius 2 is 1.70 bits per heavy atom. The zero-order chi connectivity index (χ0) is 39.9. The van der Waals surface area contributed by atoms with Crippen molar-refractivity contribution >= 4 is 25.6 Å². The van der Waals surface area contributed by atoms with E-state index in [1.54, 1.807) is 0 Å². The number of anilines is 1. The number of benzene rings is 1. The number of carbonyl (C=O) groups excluding carboxylic acids is 2. The molecule has 0 radical (unpaired) electrons. The van der Waals surface area contributed by atoms with Crippen LogP contribution in [0.5, 0.6) is 11.6 Å². The zero-order valence-electron chi connectivity index (χ0n) is 35.2. The number of hydrogen-bond acceptors (Lipinski definition) is 11. The molecule has 0 aliphatic heterocycles. The van der Waals surface area contributed by atoms with E-state index in [4.69, 9.17) is 18.4 Å². The van der Waals surface area contributed by atoms with Gasteiger partial charge < -0.3 is 33.7 Å². The van der Waals surface area contributed by atoms with Gasteiger partial charge in [-0.15, -0.1) is 0 Å². The summed E-state index contributed by atoms with van der Waals surface area (Å²) >= 11 is 0. The van der Waals surface area contributed by atoms with E-state index in [2.05, 4.69) is 76.9 Å². The smallest absolute Gasteiger partial charge is 0.265 e. The molecule has 1 heterocycles. The van der Waals surface area contributed by atoms with Crippen LogP contribution in [0.4, 0.5) is 5.69 Å². The predicted molar refractivity (Wildman–Crippen MR) is 216 cm³/mol. The Bertz CT molecular complexity index is 1740. The highest BCUT2D eigenvalue weighted by atomic mass is 28.4. The van der Waals surface area contributed by atoms with Gasteiger partial charge >= 0.3 is 0 Å². The molecule has 11 nitrogen and oxygen atoms in total. The minimum absolute atomic E-state index is 0.105. The fourth-order valence-electron chi connectivity index (χ4n) is 8.28. The minimum atomic E-state index is -2.82. The molecule has 0 amide bonds. The van der Waals surface area contributed by atoms with Crippen molar-refractivity contribution < 1.29 is 33.1 Å². The van der Waals surface area contributed by atoms with Crippen LogP contribution in [-0.2, 0) is 17.4 Å². The van der Waals surface area contributed by atoms with Gasteiger partial charge in [-0.3, -0.25) is 14.5 Å². The van der Waals surface area contributed by atoms with Gasteiger partial charge in [0.15, 0.2) is 25.5 Å². The van der Waals surface area contributed by atoms with E-state index >= 15 is 9.59 Å². The maximum Gasteiger partial charge on any atom is 0.265 e. The van der Waals surface area contributed by atoms with Crippen LogP contribution >= 0.6 is 0 Å². The summed E-state index contributed by atoms with van der Waals surface area (Å²) in [5.74, 6) is -0.512. The van der Waals surface area contributed by atoms with Crippen LogP contribution < -0.4 is 19.7 Å². The first-order chi connectivity index (χ1) is 25.3. The van der Waals surface area contributed by atoms with Crippen LogP contribution in [0.2, 0.25) is 18.1 Å². The molecule has 0 unspecified atom stereocenters. The second-order valence-electron chi connectivity index (χ2n) is 18.0. The van der Waals surface area contributed by atoms with Crippen LogP contribution in [-0.4, -0.2) is 88.6 Å². The normalized spacial score (nSPS) is 22.7. The van der Waals surface area contributed by atoms with Crippen LogP contribution in [0.15, 0.2) is 21.9 Å². The quantitative estimate of drug-likeness (QED) is 0.127. The van der Waals surface area contributed by atoms with Gasteiger partial charge in [-0.25, -0.2) is 0 Å². The van der Waals surface area contributed by atoms with Gasteiger partial charge in [0.05, 0.1) is 24.8 Å². The van der Waals surface area contributed by atoms with E-state index < -0.39 is 31.7 Å². The molecular weight excluding hydrogens is 701 g/mol. The van der Waals surface area contributed by atoms with Crippen molar-refractivity contribution in [3.05, 3.63) is 45.4 Å². The summed E-state index contributed by atoms with van der Waals surface area (Å²) in [5.41, 5.74) is 1.99.